The molecule has 0 unspecified atom stereocenters. The van der Waals surface area contributed by atoms with Crippen LogP contribution >= 0.6 is 11.5 Å². The number of likely N-dealkylation sites (N-methyl/N-ethyl adjacent to an activating group) is 1. The second-order valence-corrected chi connectivity index (χ2v) is 4.69. The van der Waals surface area contributed by atoms with E-state index in [9.17, 15) is 0 Å². The first kappa shape index (κ1) is 12.4. The zero-order valence-electron chi connectivity index (χ0n) is 9.95. The molecule has 5 heteroatoms. The summed E-state index contributed by atoms with van der Waals surface area (Å²) in [5.74, 6) is 1.35. The average molecular weight is 228 g/mol. The van der Waals surface area contributed by atoms with Crippen LogP contribution in [0.15, 0.2) is 0 Å². The maximum Gasteiger partial charge on any atom is 0.202 e. The molecule has 4 nitrogen and oxygen atoms in total. The highest BCUT2D eigenvalue weighted by Gasteiger charge is 2.06. The molecule has 0 amide bonds. The number of aromatic nitrogens is 2. The van der Waals surface area contributed by atoms with Gasteiger partial charge < -0.3 is 10.2 Å². The van der Waals surface area contributed by atoms with E-state index in [0.29, 0.717) is 5.92 Å². The summed E-state index contributed by atoms with van der Waals surface area (Å²) in [6.07, 6.45) is 0. The van der Waals surface area contributed by atoms with E-state index in [-0.39, 0.29) is 0 Å². The lowest BCUT2D eigenvalue weighted by Crippen LogP contribution is -2.24. The molecule has 0 saturated carbocycles. The fraction of sp³-hybridized carbons (Fsp3) is 0.800. The highest BCUT2D eigenvalue weighted by molar-refractivity contribution is 7.09. The van der Waals surface area contributed by atoms with E-state index in [0.717, 1.165) is 30.6 Å². The fourth-order valence-corrected chi connectivity index (χ4v) is 1.79. The number of nitrogens with one attached hydrogen (secondary N) is 1. The van der Waals surface area contributed by atoms with Crippen molar-refractivity contribution in [3.63, 3.8) is 0 Å². The topological polar surface area (TPSA) is 41.0 Å². The predicted molar refractivity (Wildman–Crippen MR) is 65.7 cm³/mol. The van der Waals surface area contributed by atoms with Crippen molar-refractivity contribution >= 4 is 16.7 Å². The van der Waals surface area contributed by atoms with Gasteiger partial charge in [-0.15, -0.1) is 0 Å². The van der Waals surface area contributed by atoms with E-state index >= 15 is 0 Å². The van der Waals surface area contributed by atoms with Crippen LogP contribution in [-0.4, -0.2) is 40.9 Å². The lowest BCUT2D eigenvalue weighted by atomic mass is 10.2. The van der Waals surface area contributed by atoms with Crippen LogP contribution in [0.1, 0.15) is 32.5 Å². The summed E-state index contributed by atoms with van der Waals surface area (Å²) >= 11 is 1.45. The zero-order chi connectivity index (χ0) is 11.3. The Kier molecular flexibility index (Phi) is 4.98. The molecular formula is C10H20N4S. The molecule has 1 aromatic rings. The Bertz CT molecular complexity index is 285. The summed E-state index contributed by atoms with van der Waals surface area (Å²) in [6, 6.07) is 0. The molecule has 1 rings (SSSR count). The summed E-state index contributed by atoms with van der Waals surface area (Å²) in [7, 11) is 2.11. The Morgan fingerprint density at radius 2 is 2.20 bits per heavy atom. The first-order chi connectivity index (χ1) is 7.13. The van der Waals surface area contributed by atoms with Gasteiger partial charge in [0.05, 0.1) is 0 Å². The molecule has 15 heavy (non-hydrogen) atoms. The van der Waals surface area contributed by atoms with Crippen molar-refractivity contribution < 1.29 is 0 Å². The molecule has 86 valence electrons. The molecule has 0 fully saturated rings. The van der Waals surface area contributed by atoms with Crippen molar-refractivity contribution in [2.75, 3.05) is 32.0 Å². The monoisotopic (exact) mass is 228 g/mol. The third-order valence-electron chi connectivity index (χ3n) is 2.27. The van der Waals surface area contributed by atoms with E-state index in [4.69, 9.17) is 0 Å². The number of anilines is 1. The van der Waals surface area contributed by atoms with Crippen LogP contribution in [0.5, 0.6) is 0 Å². The maximum absolute atomic E-state index is 4.41. The molecule has 0 aliphatic carbocycles. The largest absolute Gasteiger partial charge is 0.359 e. The summed E-state index contributed by atoms with van der Waals surface area (Å²) in [5.41, 5.74) is 0. The Hall–Kier alpha value is -0.680. The number of rotatable bonds is 6. The minimum Gasteiger partial charge on any atom is -0.359 e. The second kappa shape index (κ2) is 6.02. The van der Waals surface area contributed by atoms with Crippen molar-refractivity contribution in [3.8, 4) is 0 Å². The molecule has 0 saturated heterocycles. The Morgan fingerprint density at radius 3 is 2.73 bits per heavy atom. The van der Waals surface area contributed by atoms with Crippen molar-refractivity contribution in [2.24, 2.45) is 0 Å². The van der Waals surface area contributed by atoms with Gasteiger partial charge in [-0.3, -0.25) is 0 Å². The summed E-state index contributed by atoms with van der Waals surface area (Å²) in [5, 5.41) is 4.22. The maximum atomic E-state index is 4.41. The van der Waals surface area contributed by atoms with Crippen LogP contribution in [0, 0.1) is 0 Å². The highest BCUT2D eigenvalue weighted by Crippen LogP contribution is 2.16. The fourth-order valence-electron chi connectivity index (χ4n) is 1.05. The third-order valence-corrected chi connectivity index (χ3v) is 2.95. The SMILES string of the molecule is CCN(C)CCNc1nc(C(C)C)ns1. The minimum atomic E-state index is 0.412. The van der Waals surface area contributed by atoms with Gasteiger partial charge >= 0.3 is 0 Å². The lowest BCUT2D eigenvalue weighted by molar-refractivity contribution is 0.367. The highest BCUT2D eigenvalue weighted by atomic mass is 32.1. The van der Waals surface area contributed by atoms with E-state index in [2.05, 4.69) is 47.4 Å². The smallest absolute Gasteiger partial charge is 0.202 e. The van der Waals surface area contributed by atoms with Crippen LogP contribution in [0.3, 0.4) is 0 Å². The van der Waals surface area contributed by atoms with Crippen LogP contribution < -0.4 is 5.32 Å². The van der Waals surface area contributed by atoms with Crippen molar-refractivity contribution in [1.82, 2.24) is 14.3 Å². The Balaban J connectivity index is 2.31. The van der Waals surface area contributed by atoms with Crippen LogP contribution in [0.4, 0.5) is 5.13 Å². The molecule has 1 aromatic heterocycles. The summed E-state index contributed by atoms with van der Waals surface area (Å²) in [6.45, 7) is 9.41. The molecule has 0 atom stereocenters. The van der Waals surface area contributed by atoms with Gasteiger partial charge in [-0.1, -0.05) is 20.8 Å². The molecular weight excluding hydrogens is 208 g/mol. The zero-order valence-corrected chi connectivity index (χ0v) is 10.8. The van der Waals surface area contributed by atoms with Gasteiger partial charge in [0.1, 0.15) is 5.82 Å². The molecule has 0 aromatic carbocycles. The molecule has 0 aliphatic heterocycles. The van der Waals surface area contributed by atoms with Gasteiger partial charge in [-0.25, -0.2) is 4.98 Å². The van der Waals surface area contributed by atoms with Gasteiger partial charge in [-0.2, -0.15) is 4.37 Å². The van der Waals surface area contributed by atoms with Gasteiger partial charge in [0.25, 0.3) is 0 Å². The van der Waals surface area contributed by atoms with Gasteiger partial charge in [0.2, 0.25) is 5.13 Å². The molecule has 0 aliphatic rings. The van der Waals surface area contributed by atoms with Crippen molar-refractivity contribution in [1.29, 1.82) is 0 Å². The Labute approximate surface area is 95.9 Å². The predicted octanol–water partition coefficient (Wildman–Crippen LogP) is 2.03. The minimum absolute atomic E-state index is 0.412. The average Bonchev–Trinajstić information content (AvgIpc) is 2.66. The summed E-state index contributed by atoms with van der Waals surface area (Å²) < 4.78 is 4.29. The lowest BCUT2D eigenvalue weighted by Gasteiger charge is -2.13. The second-order valence-electron chi connectivity index (χ2n) is 3.94. The van der Waals surface area contributed by atoms with Crippen molar-refractivity contribution in [2.45, 2.75) is 26.7 Å². The van der Waals surface area contributed by atoms with Gasteiger partial charge in [0.15, 0.2) is 0 Å². The van der Waals surface area contributed by atoms with E-state index in [1.165, 1.54) is 11.5 Å². The van der Waals surface area contributed by atoms with Crippen LogP contribution in [-0.2, 0) is 0 Å². The van der Waals surface area contributed by atoms with E-state index < -0.39 is 0 Å². The molecule has 0 bridgehead atoms. The van der Waals surface area contributed by atoms with Crippen LogP contribution in [0.2, 0.25) is 0 Å². The third kappa shape index (κ3) is 4.13. The Morgan fingerprint density at radius 1 is 1.47 bits per heavy atom. The first-order valence-corrected chi connectivity index (χ1v) is 6.16. The first-order valence-electron chi connectivity index (χ1n) is 5.39. The number of nitrogens with zero attached hydrogens (tertiary/aromatic N) is 3. The molecule has 1 heterocycles. The molecule has 0 radical (unpaired) electrons. The van der Waals surface area contributed by atoms with E-state index in [1.54, 1.807) is 0 Å². The standard InChI is InChI=1S/C10H20N4S/c1-5-14(4)7-6-11-10-12-9(8(2)3)13-15-10/h8H,5-7H2,1-4H3,(H,11,12,13). The van der Waals surface area contributed by atoms with Gasteiger partial charge in [-0.05, 0) is 13.6 Å². The van der Waals surface area contributed by atoms with Crippen molar-refractivity contribution in [3.05, 3.63) is 5.82 Å². The number of hydrogen-bond acceptors (Lipinski definition) is 5. The van der Waals surface area contributed by atoms with Gasteiger partial charge in [0, 0.05) is 30.5 Å². The normalized spacial score (nSPS) is 11.3. The number of hydrogen-bond donors (Lipinski definition) is 1. The summed E-state index contributed by atoms with van der Waals surface area (Å²) in [4.78, 5) is 6.67. The molecule has 1 N–H and O–H groups in total. The van der Waals surface area contributed by atoms with E-state index in [1.807, 2.05) is 0 Å². The quantitative estimate of drug-likeness (QED) is 0.809. The molecule has 0 spiro atoms. The van der Waals surface area contributed by atoms with Crippen LogP contribution in [0.25, 0.3) is 0 Å².